The summed E-state index contributed by atoms with van der Waals surface area (Å²) in [5.74, 6) is -0.104. The first-order valence-corrected chi connectivity index (χ1v) is 10.3. The first-order valence-electron chi connectivity index (χ1n) is 8.08. The molecular formula is C18H20Cl2N2O4S. The average molecular weight is 431 g/mol. The van der Waals surface area contributed by atoms with Gasteiger partial charge < -0.3 is 10.1 Å². The summed E-state index contributed by atoms with van der Waals surface area (Å²) in [6.45, 7) is 3.28. The zero-order chi connectivity index (χ0) is 20.2. The summed E-state index contributed by atoms with van der Waals surface area (Å²) in [6.07, 6.45) is 0. The molecule has 9 heteroatoms. The highest BCUT2D eigenvalue weighted by Crippen LogP contribution is 2.28. The summed E-state index contributed by atoms with van der Waals surface area (Å²) in [5.41, 5.74) is 1.38. The van der Waals surface area contributed by atoms with Crippen molar-refractivity contribution in [3.63, 3.8) is 0 Å². The molecule has 0 radical (unpaired) electrons. The maximum atomic E-state index is 12.8. The quantitative estimate of drug-likeness (QED) is 0.720. The molecule has 0 aromatic heterocycles. The second-order valence-electron chi connectivity index (χ2n) is 5.74. The lowest BCUT2D eigenvalue weighted by Gasteiger charge is -2.20. The van der Waals surface area contributed by atoms with Crippen LogP contribution in [0, 0.1) is 6.92 Å². The number of hydrogen-bond donors (Lipinski definition) is 1. The SMILES string of the molecule is CCN(CC(=O)Nc1ccc(C)c(Cl)c1)S(=O)(=O)c1ccc(OC)c(Cl)c1. The first-order chi connectivity index (χ1) is 12.7. The highest BCUT2D eigenvalue weighted by molar-refractivity contribution is 7.89. The van der Waals surface area contributed by atoms with Gasteiger partial charge in [-0.25, -0.2) is 8.42 Å². The van der Waals surface area contributed by atoms with Crippen LogP contribution in [0.1, 0.15) is 12.5 Å². The number of rotatable bonds is 7. The Hall–Kier alpha value is -1.80. The molecule has 146 valence electrons. The molecule has 1 N–H and O–H groups in total. The van der Waals surface area contributed by atoms with Crippen LogP contribution in [0.2, 0.25) is 10.0 Å². The molecule has 0 aliphatic rings. The smallest absolute Gasteiger partial charge is 0.243 e. The largest absolute Gasteiger partial charge is 0.495 e. The van der Waals surface area contributed by atoms with Crippen LogP contribution in [0.3, 0.4) is 0 Å². The number of likely N-dealkylation sites (N-methyl/N-ethyl adjacent to an activating group) is 1. The molecule has 0 unspecified atom stereocenters. The van der Waals surface area contributed by atoms with Crippen molar-refractivity contribution in [2.75, 3.05) is 25.5 Å². The molecule has 27 heavy (non-hydrogen) atoms. The minimum absolute atomic E-state index is 0.0127. The zero-order valence-electron chi connectivity index (χ0n) is 15.1. The molecular weight excluding hydrogens is 411 g/mol. The lowest BCUT2D eigenvalue weighted by molar-refractivity contribution is -0.116. The monoisotopic (exact) mass is 430 g/mol. The fourth-order valence-electron chi connectivity index (χ4n) is 2.35. The van der Waals surface area contributed by atoms with Crippen molar-refractivity contribution in [1.29, 1.82) is 0 Å². The van der Waals surface area contributed by atoms with Gasteiger partial charge >= 0.3 is 0 Å². The third-order valence-electron chi connectivity index (χ3n) is 3.89. The van der Waals surface area contributed by atoms with Gasteiger partial charge in [0, 0.05) is 17.3 Å². The van der Waals surface area contributed by atoms with Gasteiger partial charge in [-0.15, -0.1) is 0 Å². The molecule has 1 amide bonds. The number of methoxy groups -OCH3 is 1. The molecule has 6 nitrogen and oxygen atoms in total. The van der Waals surface area contributed by atoms with E-state index in [4.69, 9.17) is 27.9 Å². The summed E-state index contributed by atoms with van der Waals surface area (Å²) in [7, 11) is -2.45. The van der Waals surface area contributed by atoms with Gasteiger partial charge in [0.1, 0.15) is 5.75 Å². The Kier molecular flexibility index (Phi) is 7.11. The van der Waals surface area contributed by atoms with E-state index >= 15 is 0 Å². The van der Waals surface area contributed by atoms with Crippen molar-refractivity contribution in [2.45, 2.75) is 18.7 Å². The number of hydrogen-bond acceptors (Lipinski definition) is 4. The van der Waals surface area contributed by atoms with Crippen molar-refractivity contribution in [3.05, 3.63) is 52.0 Å². The molecule has 0 saturated carbocycles. The Morgan fingerprint density at radius 2 is 1.85 bits per heavy atom. The van der Waals surface area contributed by atoms with Crippen molar-refractivity contribution in [2.24, 2.45) is 0 Å². The van der Waals surface area contributed by atoms with Gasteiger partial charge in [0.25, 0.3) is 0 Å². The minimum Gasteiger partial charge on any atom is -0.495 e. The summed E-state index contributed by atoms with van der Waals surface area (Å²) >= 11 is 12.1. The first kappa shape index (κ1) is 21.5. The normalized spacial score (nSPS) is 11.5. The van der Waals surface area contributed by atoms with Gasteiger partial charge in [-0.1, -0.05) is 36.2 Å². The van der Waals surface area contributed by atoms with Crippen LogP contribution in [0.25, 0.3) is 0 Å². The number of aryl methyl sites for hydroxylation is 1. The van der Waals surface area contributed by atoms with Crippen molar-refractivity contribution in [3.8, 4) is 5.75 Å². The van der Waals surface area contributed by atoms with Crippen LogP contribution in [0.15, 0.2) is 41.3 Å². The van der Waals surface area contributed by atoms with Gasteiger partial charge in [-0.2, -0.15) is 4.31 Å². The number of carbonyl (C=O) groups excluding carboxylic acids is 1. The van der Waals surface area contributed by atoms with E-state index < -0.39 is 15.9 Å². The fourth-order valence-corrected chi connectivity index (χ4v) is 4.29. The van der Waals surface area contributed by atoms with Gasteiger partial charge in [-0.05, 0) is 42.8 Å². The zero-order valence-corrected chi connectivity index (χ0v) is 17.5. The van der Waals surface area contributed by atoms with E-state index in [-0.39, 0.29) is 23.0 Å². The Balaban J connectivity index is 2.18. The van der Waals surface area contributed by atoms with E-state index in [1.165, 1.54) is 25.3 Å². The van der Waals surface area contributed by atoms with E-state index in [1.54, 1.807) is 25.1 Å². The number of nitrogens with one attached hydrogen (secondary N) is 1. The average Bonchev–Trinajstić information content (AvgIpc) is 2.62. The van der Waals surface area contributed by atoms with Crippen LogP contribution in [-0.4, -0.2) is 38.8 Å². The molecule has 0 saturated heterocycles. The van der Waals surface area contributed by atoms with E-state index in [9.17, 15) is 13.2 Å². The Morgan fingerprint density at radius 3 is 2.41 bits per heavy atom. The van der Waals surface area contributed by atoms with Crippen LogP contribution in [0.4, 0.5) is 5.69 Å². The number of sulfonamides is 1. The van der Waals surface area contributed by atoms with Crippen LogP contribution >= 0.6 is 23.2 Å². The third kappa shape index (κ3) is 5.13. The number of benzene rings is 2. The maximum absolute atomic E-state index is 12.8. The number of ether oxygens (including phenoxy) is 1. The summed E-state index contributed by atoms with van der Waals surface area (Å²) in [6, 6.07) is 9.25. The molecule has 0 heterocycles. The van der Waals surface area contributed by atoms with Crippen molar-refractivity contribution in [1.82, 2.24) is 4.31 Å². The highest BCUT2D eigenvalue weighted by Gasteiger charge is 2.26. The Morgan fingerprint density at radius 1 is 1.15 bits per heavy atom. The number of anilines is 1. The third-order valence-corrected chi connectivity index (χ3v) is 6.51. The van der Waals surface area contributed by atoms with E-state index in [2.05, 4.69) is 5.32 Å². The minimum atomic E-state index is -3.89. The molecule has 0 spiro atoms. The molecule has 0 fully saturated rings. The van der Waals surface area contributed by atoms with E-state index in [0.717, 1.165) is 9.87 Å². The molecule has 0 aliphatic carbocycles. The topological polar surface area (TPSA) is 75.7 Å². The van der Waals surface area contributed by atoms with Crippen LogP contribution in [-0.2, 0) is 14.8 Å². The lowest BCUT2D eigenvalue weighted by Crippen LogP contribution is -2.37. The summed E-state index contributed by atoms with van der Waals surface area (Å²) in [5, 5.41) is 3.34. The van der Waals surface area contributed by atoms with Crippen LogP contribution < -0.4 is 10.1 Å². The number of amides is 1. The van der Waals surface area contributed by atoms with Crippen molar-refractivity contribution < 1.29 is 17.9 Å². The molecule has 0 bridgehead atoms. The van der Waals surface area contributed by atoms with Gasteiger partial charge in [0.2, 0.25) is 15.9 Å². The molecule has 0 atom stereocenters. The van der Waals surface area contributed by atoms with Gasteiger partial charge in [0.15, 0.2) is 0 Å². The predicted octanol–water partition coefficient (Wildman–Crippen LogP) is 3.96. The second kappa shape index (κ2) is 8.93. The van der Waals surface area contributed by atoms with E-state index in [1.807, 2.05) is 6.92 Å². The summed E-state index contributed by atoms with van der Waals surface area (Å²) < 4.78 is 31.8. The number of halogens is 2. The number of carbonyl (C=O) groups is 1. The van der Waals surface area contributed by atoms with Gasteiger partial charge in [-0.3, -0.25) is 4.79 Å². The predicted molar refractivity (Wildman–Crippen MR) is 107 cm³/mol. The molecule has 2 rings (SSSR count). The fraction of sp³-hybridized carbons (Fsp3) is 0.278. The molecule has 2 aromatic carbocycles. The standard InChI is InChI=1S/C18H20Cl2N2O4S/c1-4-22(11-18(23)21-13-6-5-12(2)15(19)9-13)27(24,25)14-7-8-17(26-3)16(20)10-14/h5-10H,4,11H2,1-3H3,(H,21,23). The van der Waals surface area contributed by atoms with Crippen molar-refractivity contribution >= 4 is 44.8 Å². The Labute approximate surface area is 169 Å². The van der Waals surface area contributed by atoms with Gasteiger partial charge in [0.05, 0.1) is 23.6 Å². The molecule has 2 aromatic rings. The second-order valence-corrected chi connectivity index (χ2v) is 8.49. The number of nitrogens with zero attached hydrogens (tertiary/aromatic N) is 1. The maximum Gasteiger partial charge on any atom is 0.243 e. The summed E-state index contributed by atoms with van der Waals surface area (Å²) in [4.78, 5) is 12.3. The van der Waals surface area contributed by atoms with E-state index in [0.29, 0.717) is 16.5 Å². The van der Waals surface area contributed by atoms with Crippen LogP contribution in [0.5, 0.6) is 5.75 Å². The molecule has 0 aliphatic heterocycles. The Bertz CT molecular complexity index is 948. The highest BCUT2D eigenvalue weighted by atomic mass is 35.5. The lowest BCUT2D eigenvalue weighted by atomic mass is 10.2.